The smallest absolute Gasteiger partial charge is 0.225 e. The third-order valence-corrected chi connectivity index (χ3v) is 6.30. The third kappa shape index (κ3) is 4.84. The van der Waals surface area contributed by atoms with Gasteiger partial charge in [-0.05, 0) is 36.5 Å². The summed E-state index contributed by atoms with van der Waals surface area (Å²) in [4.78, 5) is 32.1. The molecule has 0 bridgehead atoms. The zero-order chi connectivity index (χ0) is 20.1. The average Bonchev–Trinajstić information content (AvgIpc) is 3.33. The van der Waals surface area contributed by atoms with Crippen molar-refractivity contribution >= 4 is 11.8 Å². The molecule has 1 aliphatic heterocycles. The van der Waals surface area contributed by atoms with E-state index in [0.29, 0.717) is 19.6 Å². The van der Waals surface area contributed by atoms with Crippen LogP contribution in [0.3, 0.4) is 0 Å². The number of carbonyl (C=O) groups excluding carboxylic acids is 2. The monoisotopic (exact) mass is 391 g/mol. The van der Waals surface area contributed by atoms with Crippen molar-refractivity contribution in [3.8, 4) is 0 Å². The minimum Gasteiger partial charge on any atom is -0.352 e. The van der Waals surface area contributed by atoms with Crippen LogP contribution in [0.4, 0.5) is 0 Å². The average molecular weight is 392 g/mol. The molecular weight excluding hydrogens is 362 g/mol. The zero-order valence-corrected chi connectivity index (χ0v) is 16.8. The van der Waals surface area contributed by atoms with E-state index in [2.05, 4.69) is 22.4 Å². The molecule has 2 heterocycles. The molecule has 29 heavy (non-hydrogen) atoms. The summed E-state index contributed by atoms with van der Waals surface area (Å²) in [6.45, 7) is 1.71. The molecule has 2 amide bonds. The largest absolute Gasteiger partial charge is 0.352 e. The lowest BCUT2D eigenvalue weighted by Crippen LogP contribution is -2.49. The van der Waals surface area contributed by atoms with Crippen LogP contribution in [-0.2, 0) is 16.1 Å². The van der Waals surface area contributed by atoms with Crippen LogP contribution >= 0.6 is 0 Å². The number of aromatic nitrogens is 1. The van der Waals surface area contributed by atoms with E-state index in [1.165, 1.54) is 5.56 Å². The Balaban J connectivity index is 1.47. The Hall–Kier alpha value is -2.69. The predicted molar refractivity (Wildman–Crippen MR) is 112 cm³/mol. The SMILES string of the molecule is O=C(NCc1cccnc1)C1CC(c2ccccc2)CN(C(=O)C2CCCC2)C1. The number of hydrogen-bond donors (Lipinski definition) is 1. The van der Waals surface area contributed by atoms with E-state index in [-0.39, 0.29) is 29.6 Å². The molecule has 2 fully saturated rings. The van der Waals surface area contributed by atoms with Crippen LogP contribution in [0.2, 0.25) is 0 Å². The second-order valence-corrected chi connectivity index (χ2v) is 8.34. The van der Waals surface area contributed by atoms with Gasteiger partial charge in [-0.15, -0.1) is 0 Å². The van der Waals surface area contributed by atoms with Crippen LogP contribution in [0.25, 0.3) is 0 Å². The Bertz CT molecular complexity index is 819. The fourth-order valence-corrected chi connectivity index (χ4v) is 4.70. The molecule has 0 spiro atoms. The van der Waals surface area contributed by atoms with Gasteiger partial charge in [-0.1, -0.05) is 49.2 Å². The number of rotatable bonds is 5. The molecule has 2 unspecified atom stereocenters. The number of hydrogen-bond acceptors (Lipinski definition) is 3. The van der Waals surface area contributed by atoms with Gasteiger partial charge in [0.25, 0.3) is 0 Å². The van der Waals surface area contributed by atoms with Crippen molar-refractivity contribution in [2.45, 2.75) is 44.6 Å². The van der Waals surface area contributed by atoms with Crippen LogP contribution in [0.5, 0.6) is 0 Å². The summed E-state index contributed by atoms with van der Waals surface area (Å²) in [5, 5.41) is 3.05. The van der Waals surface area contributed by atoms with E-state index in [0.717, 1.165) is 37.7 Å². The van der Waals surface area contributed by atoms with Crippen molar-refractivity contribution in [3.05, 3.63) is 66.0 Å². The summed E-state index contributed by atoms with van der Waals surface area (Å²) < 4.78 is 0. The highest BCUT2D eigenvalue weighted by Crippen LogP contribution is 2.34. The first kappa shape index (κ1) is 19.6. The first-order valence-electron chi connectivity index (χ1n) is 10.7. The highest BCUT2D eigenvalue weighted by Gasteiger charge is 2.37. The summed E-state index contributed by atoms with van der Waals surface area (Å²) in [5.41, 5.74) is 2.19. The second-order valence-electron chi connectivity index (χ2n) is 8.34. The molecule has 5 nitrogen and oxygen atoms in total. The highest BCUT2D eigenvalue weighted by atomic mass is 16.2. The first-order chi connectivity index (χ1) is 14.2. The molecule has 1 saturated heterocycles. The van der Waals surface area contributed by atoms with Crippen LogP contribution in [-0.4, -0.2) is 34.8 Å². The van der Waals surface area contributed by atoms with Gasteiger partial charge in [0.1, 0.15) is 0 Å². The third-order valence-electron chi connectivity index (χ3n) is 6.30. The van der Waals surface area contributed by atoms with E-state index in [4.69, 9.17) is 0 Å². The number of nitrogens with one attached hydrogen (secondary N) is 1. The maximum absolute atomic E-state index is 13.1. The van der Waals surface area contributed by atoms with Crippen LogP contribution < -0.4 is 5.32 Å². The van der Waals surface area contributed by atoms with Gasteiger partial charge in [-0.3, -0.25) is 14.6 Å². The molecule has 4 rings (SSSR count). The van der Waals surface area contributed by atoms with Gasteiger partial charge in [0.05, 0.1) is 5.92 Å². The minimum absolute atomic E-state index is 0.0266. The first-order valence-corrected chi connectivity index (χ1v) is 10.7. The van der Waals surface area contributed by atoms with Crippen LogP contribution in [0.15, 0.2) is 54.9 Å². The topological polar surface area (TPSA) is 62.3 Å². The molecule has 1 N–H and O–H groups in total. The number of amides is 2. The normalized spacial score (nSPS) is 22.4. The molecular formula is C24H29N3O2. The number of nitrogens with zero attached hydrogens (tertiary/aromatic N) is 2. The number of piperidine rings is 1. The molecule has 5 heteroatoms. The van der Waals surface area contributed by atoms with Gasteiger partial charge < -0.3 is 10.2 Å². The Kier molecular flexibility index (Phi) is 6.23. The van der Waals surface area contributed by atoms with Gasteiger partial charge in [0.15, 0.2) is 0 Å². The Morgan fingerprint density at radius 3 is 2.52 bits per heavy atom. The molecule has 0 radical (unpaired) electrons. The quantitative estimate of drug-likeness (QED) is 0.848. The Morgan fingerprint density at radius 1 is 1.00 bits per heavy atom. The van der Waals surface area contributed by atoms with Crippen molar-refractivity contribution in [2.75, 3.05) is 13.1 Å². The second kappa shape index (κ2) is 9.21. The van der Waals surface area contributed by atoms with Gasteiger partial charge in [0, 0.05) is 43.9 Å². The summed E-state index contributed by atoms with van der Waals surface area (Å²) in [7, 11) is 0. The van der Waals surface area contributed by atoms with Gasteiger partial charge >= 0.3 is 0 Å². The summed E-state index contributed by atoms with van der Waals surface area (Å²) in [6, 6.07) is 14.1. The van der Waals surface area contributed by atoms with Gasteiger partial charge in [-0.2, -0.15) is 0 Å². The molecule has 2 aromatic rings. The number of benzene rings is 1. The predicted octanol–water partition coefficient (Wildman–Crippen LogP) is 3.52. The van der Waals surface area contributed by atoms with E-state index in [9.17, 15) is 9.59 Å². The molecule has 2 atom stereocenters. The standard InChI is InChI=1S/C24H29N3O2/c28-23(26-15-18-7-6-12-25-14-18)22-13-21(19-8-2-1-3-9-19)16-27(17-22)24(29)20-10-4-5-11-20/h1-3,6-9,12,14,20-22H,4-5,10-11,13,15-17H2,(H,26,28). The molecule has 2 aliphatic rings. The maximum atomic E-state index is 13.1. The minimum atomic E-state index is -0.184. The summed E-state index contributed by atoms with van der Waals surface area (Å²) in [6.07, 6.45) is 8.53. The lowest BCUT2D eigenvalue weighted by Gasteiger charge is -2.38. The van der Waals surface area contributed by atoms with Crippen molar-refractivity contribution in [3.63, 3.8) is 0 Å². The maximum Gasteiger partial charge on any atom is 0.225 e. The fourth-order valence-electron chi connectivity index (χ4n) is 4.70. The molecule has 1 aromatic carbocycles. The van der Waals surface area contributed by atoms with E-state index in [1.807, 2.05) is 35.2 Å². The molecule has 1 aromatic heterocycles. The Labute approximate surface area is 172 Å². The summed E-state index contributed by atoms with van der Waals surface area (Å²) in [5.74, 6) is 0.427. The lowest BCUT2D eigenvalue weighted by molar-refractivity contribution is -0.139. The van der Waals surface area contributed by atoms with Gasteiger partial charge in [0.2, 0.25) is 11.8 Å². The van der Waals surface area contributed by atoms with E-state index < -0.39 is 0 Å². The van der Waals surface area contributed by atoms with Crippen LogP contribution in [0, 0.1) is 11.8 Å². The molecule has 152 valence electrons. The van der Waals surface area contributed by atoms with E-state index in [1.54, 1.807) is 12.4 Å². The van der Waals surface area contributed by atoms with Crippen molar-refractivity contribution in [2.24, 2.45) is 11.8 Å². The number of likely N-dealkylation sites (tertiary alicyclic amines) is 1. The number of pyridine rings is 1. The summed E-state index contributed by atoms with van der Waals surface area (Å²) >= 11 is 0. The molecule has 1 saturated carbocycles. The fraction of sp³-hybridized carbons (Fsp3) is 0.458. The van der Waals surface area contributed by atoms with Gasteiger partial charge in [-0.25, -0.2) is 0 Å². The van der Waals surface area contributed by atoms with Crippen molar-refractivity contribution in [1.82, 2.24) is 15.2 Å². The van der Waals surface area contributed by atoms with E-state index >= 15 is 0 Å². The van der Waals surface area contributed by atoms with Crippen molar-refractivity contribution in [1.29, 1.82) is 0 Å². The van der Waals surface area contributed by atoms with Crippen LogP contribution in [0.1, 0.15) is 49.1 Å². The highest BCUT2D eigenvalue weighted by molar-refractivity contribution is 5.82. The Morgan fingerprint density at radius 2 is 1.79 bits per heavy atom. The number of carbonyl (C=O) groups is 2. The molecule has 1 aliphatic carbocycles. The zero-order valence-electron chi connectivity index (χ0n) is 16.8. The van der Waals surface area contributed by atoms with Crippen molar-refractivity contribution < 1.29 is 9.59 Å². The lowest BCUT2D eigenvalue weighted by atomic mass is 9.83.